The quantitative estimate of drug-likeness (QED) is 0.752. The molecule has 0 aliphatic carbocycles. The molecule has 0 fully saturated rings. The Morgan fingerprint density at radius 3 is 2.58 bits per heavy atom. The van der Waals surface area contributed by atoms with Crippen LogP contribution in [0.3, 0.4) is 0 Å². The molecule has 0 spiro atoms. The number of nitrogens with zero attached hydrogens (tertiary/aromatic N) is 1. The molecule has 0 aliphatic heterocycles. The van der Waals surface area contributed by atoms with Crippen LogP contribution in [0, 0.1) is 18.3 Å². The van der Waals surface area contributed by atoms with Crippen LogP contribution in [0.4, 0.5) is 0 Å². The van der Waals surface area contributed by atoms with Gasteiger partial charge in [0.1, 0.15) is 17.2 Å². The van der Waals surface area contributed by atoms with Gasteiger partial charge in [-0.1, -0.05) is 48.0 Å². The van der Waals surface area contributed by atoms with Crippen molar-refractivity contribution in [3.63, 3.8) is 0 Å². The van der Waals surface area contributed by atoms with Gasteiger partial charge >= 0.3 is 5.63 Å². The monoisotopic (exact) mass is 318 g/mol. The largest absolute Gasteiger partial charge is 0.422 e. The lowest BCUT2D eigenvalue weighted by Crippen LogP contribution is -2.31. The van der Waals surface area contributed by atoms with E-state index in [2.05, 4.69) is 5.32 Å². The number of rotatable bonds is 3. The average Bonchev–Trinajstić information content (AvgIpc) is 2.59. The molecule has 3 rings (SSSR count). The molecule has 1 unspecified atom stereocenters. The van der Waals surface area contributed by atoms with E-state index in [0.29, 0.717) is 16.5 Å². The number of para-hydroxylation sites is 1. The van der Waals surface area contributed by atoms with Gasteiger partial charge in [0.2, 0.25) is 0 Å². The molecule has 0 aliphatic rings. The Hall–Kier alpha value is -3.39. The van der Waals surface area contributed by atoms with Crippen molar-refractivity contribution < 1.29 is 9.21 Å². The number of hydrogen-bond acceptors (Lipinski definition) is 4. The zero-order chi connectivity index (χ0) is 17.1. The summed E-state index contributed by atoms with van der Waals surface area (Å²) in [6.45, 7) is 1.93. The molecule has 0 radical (unpaired) electrons. The van der Waals surface area contributed by atoms with E-state index in [0.717, 1.165) is 5.56 Å². The molecular formula is C19H14N2O3. The topological polar surface area (TPSA) is 83.1 Å². The summed E-state index contributed by atoms with van der Waals surface area (Å²) in [6, 6.07) is 16.8. The second-order valence-corrected chi connectivity index (χ2v) is 5.43. The molecule has 2 aromatic carbocycles. The molecule has 1 amide bonds. The van der Waals surface area contributed by atoms with Crippen LogP contribution in [-0.2, 0) is 0 Å². The lowest BCUT2D eigenvalue weighted by molar-refractivity contribution is 0.0941. The lowest BCUT2D eigenvalue weighted by atomic mass is 10.1. The van der Waals surface area contributed by atoms with Gasteiger partial charge < -0.3 is 9.73 Å². The maximum absolute atomic E-state index is 12.4. The van der Waals surface area contributed by atoms with Crippen molar-refractivity contribution in [3.05, 3.63) is 81.7 Å². The van der Waals surface area contributed by atoms with Crippen molar-refractivity contribution in [2.24, 2.45) is 0 Å². The molecule has 1 aromatic heterocycles. The van der Waals surface area contributed by atoms with E-state index in [1.165, 1.54) is 6.07 Å². The molecule has 24 heavy (non-hydrogen) atoms. The summed E-state index contributed by atoms with van der Waals surface area (Å²) in [4.78, 5) is 24.4. The van der Waals surface area contributed by atoms with Crippen molar-refractivity contribution in [1.29, 1.82) is 5.26 Å². The fraction of sp³-hybridized carbons (Fsp3) is 0.105. The summed E-state index contributed by atoms with van der Waals surface area (Å²) in [5, 5.41) is 12.5. The average molecular weight is 318 g/mol. The maximum atomic E-state index is 12.4. The summed E-state index contributed by atoms with van der Waals surface area (Å²) >= 11 is 0. The summed E-state index contributed by atoms with van der Waals surface area (Å²) in [7, 11) is 0. The van der Waals surface area contributed by atoms with E-state index in [1.807, 2.05) is 25.1 Å². The minimum absolute atomic E-state index is 0.124. The highest BCUT2D eigenvalue weighted by molar-refractivity contribution is 5.97. The SMILES string of the molecule is Cc1ccc(C(C#N)NC(=O)c2cc3ccccc3oc2=O)cc1. The van der Waals surface area contributed by atoms with E-state index in [1.54, 1.807) is 36.4 Å². The summed E-state index contributed by atoms with van der Waals surface area (Å²) in [5.41, 5.74) is 1.26. The van der Waals surface area contributed by atoms with E-state index in [4.69, 9.17) is 4.42 Å². The van der Waals surface area contributed by atoms with Gasteiger partial charge in [0.25, 0.3) is 5.91 Å². The third-order valence-electron chi connectivity index (χ3n) is 3.70. The predicted molar refractivity (Wildman–Crippen MR) is 89.5 cm³/mol. The van der Waals surface area contributed by atoms with Gasteiger partial charge in [0, 0.05) is 5.39 Å². The van der Waals surface area contributed by atoms with Gasteiger partial charge in [0.15, 0.2) is 0 Å². The van der Waals surface area contributed by atoms with Gasteiger partial charge in [-0.2, -0.15) is 5.26 Å². The highest BCUT2D eigenvalue weighted by Gasteiger charge is 2.19. The van der Waals surface area contributed by atoms with Crippen LogP contribution < -0.4 is 10.9 Å². The second-order valence-electron chi connectivity index (χ2n) is 5.43. The number of amides is 1. The number of aryl methyl sites for hydroxylation is 1. The summed E-state index contributed by atoms with van der Waals surface area (Å²) < 4.78 is 5.15. The highest BCUT2D eigenvalue weighted by Crippen LogP contribution is 2.15. The second kappa shape index (κ2) is 6.39. The summed E-state index contributed by atoms with van der Waals surface area (Å²) in [5.74, 6) is -0.637. The normalized spacial score (nSPS) is 11.7. The van der Waals surface area contributed by atoms with Gasteiger partial charge in [-0.05, 0) is 24.6 Å². The van der Waals surface area contributed by atoms with Crippen LogP contribution in [0.1, 0.15) is 27.5 Å². The molecule has 1 heterocycles. The molecule has 5 nitrogen and oxygen atoms in total. The maximum Gasteiger partial charge on any atom is 0.349 e. The molecule has 3 aromatic rings. The minimum Gasteiger partial charge on any atom is -0.422 e. The Morgan fingerprint density at radius 2 is 1.88 bits per heavy atom. The Kier molecular flexibility index (Phi) is 4.13. The van der Waals surface area contributed by atoms with Crippen LogP contribution >= 0.6 is 0 Å². The molecule has 5 heteroatoms. The van der Waals surface area contributed by atoms with Crippen LogP contribution in [0.5, 0.6) is 0 Å². The van der Waals surface area contributed by atoms with Crippen LogP contribution in [-0.4, -0.2) is 5.91 Å². The summed E-state index contributed by atoms with van der Waals surface area (Å²) in [6.07, 6.45) is 0. The van der Waals surface area contributed by atoms with E-state index in [9.17, 15) is 14.9 Å². The number of nitriles is 1. The van der Waals surface area contributed by atoms with Crippen molar-refractivity contribution in [3.8, 4) is 6.07 Å². The van der Waals surface area contributed by atoms with Gasteiger partial charge in [-0.3, -0.25) is 4.79 Å². The van der Waals surface area contributed by atoms with Crippen LogP contribution in [0.2, 0.25) is 0 Å². The Balaban J connectivity index is 1.91. The first-order valence-electron chi connectivity index (χ1n) is 7.38. The van der Waals surface area contributed by atoms with Gasteiger partial charge in [-0.25, -0.2) is 4.79 Å². The Labute approximate surface area is 138 Å². The number of benzene rings is 2. The number of fused-ring (bicyclic) bond motifs is 1. The van der Waals surface area contributed by atoms with Crippen molar-refractivity contribution in [2.75, 3.05) is 0 Å². The molecule has 0 saturated heterocycles. The van der Waals surface area contributed by atoms with E-state index >= 15 is 0 Å². The number of nitrogens with one attached hydrogen (secondary N) is 1. The molecule has 1 atom stereocenters. The first-order chi connectivity index (χ1) is 11.6. The van der Waals surface area contributed by atoms with Crippen molar-refractivity contribution in [1.82, 2.24) is 5.32 Å². The Bertz CT molecular complexity index is 998. The predicted octanol–water partition coefficient (Wildman–Crippen LogP) is 3.10. The molecule has 0 bridgehead atoms. The zero-order valence-electron chi connectivity index (χ0n) is 12.9. The standard InChI is InChI=1S/C19H14N2O3/c1-12-6-8-13(9-7-12)16(11-20)21-18(22)15-10-14-4-2-3-5-17(14)24-19(15)23/h2-10,16H,1H3,(H,21,22). The highest BCUT2D eigenvalue weighted by atomic mass is 16.4. The zero-order valence-corrected chi connectivity index (χ0v) is 12.9. The van der Waals surface area contributed by atoms with Crippen LogP contribution in [0.25, 0.3) is 11.0 Å². The number of hydrogen-bond donors (Lipinski definition) is 1. The fourth-order valence-corrected chi connectivity index (χ4v) is 2.38. The lowest BCUT2D eigenvalue weighted by Gasteiger charge is -2.12. The third-order valence-corrected chi connectivity index (χ3v) is 3.70. The fourth-order valence-electron chi connectivity index (χ4n) is 2.38. The first-order valence-corrected chi connectivity index (χ1v) is 7.38. The van der Waals surface area contributed by atoms with E-state index in [-0.39, 0.29) is 5.56 Å². The smallest absolute Gasteiger partial charge is 0.349 e. The number of carbonyl (C=O) groups excluding carboxylic acids is 1. The van der Waals surface area contributed by atoms with Crippen molar-refractivity contribution >= 4 is 16.9 Å². The third kappa shape index (κ3) is 3.03. The molecule has 1 N–H and O–H groups in total. The first kappa shape index (κ1) is 15.5. The van der Waals surface area contributed by atoms with Crippen molar-refractivity contribution in [2.45, 2.75) is 13.0 Å². The van der Waals surface area contributed by atoms with Crippen LogP contribution in [0.15, 0.2) is 63.8 Å². The van der Waals surface area contributed by atoms with E-state index < -0.39 is 17.6 Å². The molecule has 118 valence electrons. The molecule has 0 saturated carbocycles. The number of carbonyl (C=O) groups is 1. The van der Waals surface area contributed by atoms with Gasteiger partial charge in [-0.15, -0.1) is 0 Å². The Morgan fingerprint density at radius 1 is 1.17 bits per heavy atom. The minimum atomic E-state index is -0.844. The molecular weight excluding hydrogens is 304 g/mol. The van der Waals surface area contributed by atoms with Gasteiger partial charge in [0.05, 0.1) is 6.07 Å².